The summed E-state index contributed by atoms with van der Waals surface area (Å²) in [5.41, 5.74) is 0. The molecule has 1 aromatic heterocycles. The highest BCUT2D eigenvalue weighted by Gasteiger charge is 2.20. The standard InChI is InChI=1S/C10H12Cl2N4O/c11-7-5-8(16-10(12)14-7)15-9(17)6-3-1-2-4-13-6/h5-6,13H,1-4H2,(H,14,15,16,17). The van der Waals surface area contributed by atoms with E-state index in [1.54, 1.807) is 0 Å². The van der Waals surface area contributed by atoms with Gasteiger partial charge in [0.1, 0.15) is 11.0 Å². The van der Waals surface area contributed by atoms with Crippen molar-refractivity contribution < 1.29 is 4.79 Å². The van der Waals surface area contributed by atoms with Gasteiger partial charge in [-0.15, -0.1) is 0 Å². The molecule has 5 nitrogen and oxygen atoms in total. The summed E-state index contributed by atoms with van der Waals surface area (Å²) in [5.74, 6) is 0.211. The first-order chi connectivity index (χ1) is 8.15. The zero-order chi connectivity index (χ0) is 12.3. The van der Waals surface area contributed by atoms with Gasteiger partial charge in [-0.25, -0.2) is 9.97 Å². The lowest BCUT2D eigenvalue weighted by Gasteiger charge is -2.22. The third-order valence-electron chi connectivity index (χ3n) is 2.55. The Bertz CT molecular complexity index is 401. The Kier molecular flexibility index (Phi) is 4.15. The summed E-state index contributed by atoms with van der Waals surface area (Å²) in [6.07, 6.45) is 2.99. The van der Waals surface area contributed by atoms with Crippen LogP contribution in [0.2, 0.25) is 10.4 Å². The van der Waals surface area contributed by atoms with Gasteiger partial charge in [0.2, 0.25) is 11.2 Å². The Labute approximate surface area is 109 Å². The average molecular weight is 275 g/mol. The van der Waals surface area contributed by atoms with Gasteiger partial charge in [0.05, 0.1) is 6.04 Å². The molecule has 17 heavy (non-hydrogen) atoms. The van der Waals surface area contributed by atoms with Crippen molar-refractivity contribution in [2.75, 3.05) is 11.9 Å². The van der Waals surface area contributed by atoms with Crippen molar-refractivity contribution in [2.45, 2.75) is 25.3 Å². The Balaban J connectivity index is 2.01. The van der Waals surface area contributed by atoms with Crippen LogP contribution in [0.5, 0.6) is 0 Å². The van der Waals surface area contributed by atoms with Crippen LogP contribution in [0, 0.1) is 0 Å². The van der Waals surface area contributed by atoms with Gasteiger partial charge in [-0.3, -0.25) is 4.79 Å². The van der Waals surface area contributed by atoms with Crippen LogP contribution in [0.1, 0.15) is 19.3 Å². The molecule has 0 bridgehead atoms. The van der Waals surface area contributed by atoms with E-state index in [-0.39, 0.29) is 22.4 Å². The molecule has 1 atom stereocenters. The lowest BCUT2D eigenvalue weighted by atomic mass is 10.0. The summed E-state index contributed by atoms with van der Waals surface area (Å²) in [6, 6.07) is 1.30. The largest absolute Gasteiger partial charge is 0.309 e. The number of halogens is 2. The van der Waals surface area contributed by atoms with Crippen molar-refractivity contribution in [3.63, 3.8) is 0 Å². The minimum Gasteiger partial charge on any atom is -0.309 e. The van der Waals surface area contributed by atoms with Crippen LogP contribution in [-0.2, 0) is 4.79 Å². The molecule has 0 aliphatic carbocycles. The molecule has 1 unspecified atom stereocenters. The normalized spacial score (nSPS) is 20.0. The molecule has 1 amide bonds. The first-order valence-electron chi connectivity index (χ1n) is 5.39. The average Bonchev–Trinajstić information content (AvgIpc) is 2.28. The Morgan fingerprint density at radius 1 is 1.41 bits per heavy atom. The second-order valence-electron chi connectivity index (χ2n) is 3.84. The van der Waals surface area contributed by atoms with E-state index in [1.165, 1.54) is 6.07 Å². The molecule has 1 saturated heterocycles. The van der Waals surface area contributed by atoms with E-state index >= 15 is 0 Å². The van der Waals surface area contributed by atoms with Gasteiger partial charge in [0, 0.05) is 6.07 Å². The quantitative estimate of drug-likeness (QED) is 0.638. The molecule has 1 fully saturated rings. The number of nitrogens with zero attached hydrogens (tertiary/aromatic N) is 2. The summed E-state index contributed by atoms with van der Waals surface area (Å²) in [6.45, 7) is 0.864. The highest BCUT2D eigenvalue weighted by molar-refractivity contribution is 6.32. The molecule has 0 radical (unpaired) electrons. The summed E-state index contributed by atoms with van der Waals surface area (Å²) >= 11 is 11.4. The first kappa shape index (κ1) is 12.5. The number of carbonyl (C=O) groups is 1. The summed E-state index contributed by atoms with van der Waals surface area (Å²) in [4.78, 5) is 19.5. The maximum absolute atomic E-state index is 11.9. The second-order valence-corrected chi connectivity index (χ2v) is 4.56. The smallest absolute Gasteiger partial charge is 0.242 e. The fraction of sp³-hybridized carbons (Fsp3) is 0.500. The van der Waals surface area contributed by atoms with Crippen molar-refractivity contribution >= 4 is 34.9 Å². The van der Waals surface area contributed by atoms with Crippen LogP contribution in [-0.4, -0.2) is 28.5 Å². The van der Waals surface area contributed by atoms with Crippen LogP contribution < -0.4 is 10.6 Å². The van der Waals surface area contributed by atoms with E-state index in [0.717, 1.165) is 25.8 Å². The number of anilines is 1. The van der Waals surface area contributed by atoms with Crippen LogP contribution in [0.25, 0.3) is 0 Å². The third-order valence-corrected chi connectivity index (χ3v) is 2.91. The molecule has 2 rings (SSSR count). The van der Waals surface area contributed by atoms with E-state index in [4.69, 9.17) is 23.2 Å². The lowest BCUT2D eigenvalue weighted by Crippen LogP contribution is -2.43. The van der Waals surface area contributed by atoms with Crippen LogP contribution in [0.4, 0.5) is 5.82 Å². The van der Waals surface area contributed by atoms with Crippen LogP contribution >= 0.6 is 23.2 Å². The Morgan fingerprint density at radius 2 is 2.24 bits per heavy atom. The summed E-state index contributed by atoms with van der Waals surface area (Å²) in [7, 11) is 0. The lowest BCUT2D eigenvalue weighted by molar-refractivity contribution is -0.118. The molecule has 1 aliphatic rings. The molecular weight excluding hydrogens is 263 g/mol. The maximum atomic E-state index is 11.9. The number of aromatic nitrogens is 2. The number of nitrogens with one attached hydrogen (secondary N) is 2. The topological polar surface area (TPSA) is 66.9 Å². The predicted octanol–water partition coefficient (Wildman–Crippen LogP) is 1.86. The van der Waals surface area contributed by atoms with Crippen LogP contribution in [0.15, 0.2) is 6.07 Å². The zero-order valence-electron chi connectivity index (χ0n) is 9.04. The maximum Gasteiger partial charge on any atom is 0.242 e. The highest BCUT2D eigenvalue weighted by atomic mass is 35.5. The summed E-state index contributed by atoms with van der Waals surface area (Å²) in [5, 5.41) is 6.04. The van der Waals surface area contributed by atoms with Crippen molar-refractivity contribution in [1.29, 1.82) is 0 Å². The van der Waals surface area contributed by atoms with Gasteiger partial charge < -0.3 is 10.6 Å². The van der Waals surface area contributed by atoms with Gasteiger partial charge in [-0.2, -0.15) is 0 Å². The zero-order valence-corrected chi connectivity index (χ0v) is 10.6. The molecule has 1 aliphatic heterocycles. The van der Waals surface area contributed by atoms with Crippen molar-refractivity contribution in [3.05, 3.63) is 16.5 Å². The van der Waals surface area contributed by atoms with Gasteiger partial charge in [0.25, 0.3) is 0 Å². The van der Waals surface area contributed by atoms with Gasteiger partial charge >= 0.3 is 0 Å². The van der Waals surface area contributed by atoms with Gasteiger partial charge in [-0.05, 0) is 31.0 Å². The number of carbonyl (C=O) groups excluding carboxylic acids is 1. The minimum atomic E-state index is -0.170. The molecule has 2 N–H and O–H groups in total. The first-order valence-corrected chi connectivity index (χ1v) is 6.15. The van der Waals surface area contributed by atoms with Crippen LogP contribution in [0.3, 0.4) is 0 Å². The predicted molar refractivity (Wildman–Crippen MR) is 66.3 cm³/mol. The SMILES string of the molecule is O=C(Nc1cc(Cl)nc(Cl)n1)C1CCCCN1. The molecule has 0 aromatic carbocycles. The van der Waals surface area contributed by atoms with E-state index in [9.17, 15) is 4.79 Å². The third kappa shape index (κ3) is 3.52. The van der Waals surface area contributed by atoms with Crippen molar-refractivity contribution in [3.8, 4) is 0 Å². The minimum absolute atomic E-state index is 0.0180. The Hall–Kier alpha value is -0.910. The van der Waals surface area contributed by atoms with E-state index in [1.807, 2.05) is 0 Å². The van der Waals surface area contributed by atoms with Gasteiger partial charge in [-0.1, -0.05) is 18.0 Å². The van der Waals surface area contributed by atoms with E-state index in [0.29, 0.717) is 5.82 Å². The Morgan fingerprint density at radius 3 is 2.88 bits per heavy atom. The summed E-state index contributed by atoms with van der Waals surface area (Å²) < 4.78 is 0. The van der Waals surface area contributed by atoms with E-state index < -0.39 is 0 Å². The van der Waals surface area contributed by atoms with Crippen molar-refractivity contribution in [2.24, 2.45) is 0 Å². The van der Waals surface area contributed by atoms with Gasteiger partial charge in [0.15, 0.2) is 0 Å². The molecule has 0 saturated carbocycles. The molecule has 7 heteroatoms. The fourth-order valence-corrected chi connectivity index (χ4v) is 2.15. The van der Waals surface area contributed by atoms with E-state index in [2.05, 4.69) is 20.6 Å². The number of piperidine rings is 1. The number of rotatable bonds is 2. The fourth-order valence-electron chi connectivity index (χ4n) is 1.74. The molecule has 1 aromatic rings. The monoisotopic (exact) mass is 274 g/mol. The number of amides is 1. The van der Waals surface area contributed by atoms with Crippen molar-refractivity contribution in [1.82, 2.24) is 15.3 Å². The highest BCUT2D eigenvalue weighted by Crippen LogP contribution is 2.15. The molecule has 0 spiro atoms. The number of hydrogen-bond acceptors (Lipinski definition) is 4. The molecule has 92 valence electrons. The molecule has 2 heterocycles. The number of hydrogen-bond donors (Lipinski definition) is 2. The second kappa shape index (κ2) is 5.62. The molecular formula is C10H12Cl2N4O.